The largest absolute Gasteiger partial charge is 0.301 e. The third-order valence-corrected chi connectivity index (χ3v) is 3.97. The van der Waals surface area contributed by atoms with Crippen molar-refractivity contribution in [1.82, 2.24) is 19.9 Å². The zero-order chi connectivity index (χ0) is 15.7. The molecule has 116 valence electrons. The number of amidine groups is 1. The molecule has 1 aromatic heterocycles. The fourth-order valence-corrected chi connectivity index (χ4v) is 2.94. The molecule has 22 heavy (non-hydrogen) atoms. The van der Waals surface area contributed by atoms with Gasteiger partial charge in [-0.2, -0.15) is 0 Å². The second-order valence-electron chi connectivity index (χ2n) is 6.35. The van der Waals surface area contributed by atoms with Crippen LogP contribution in [0, 0.1) is 0 Å². The van der Waals surface area contributed by atoms with E-state index in [-0.39, 0.29) is 0 Å². The van der Waals surface area contributed by atoms with Gasteiger partial charge in [-0.25, -0.2) is 4.68 Å². The summed E-state index contributed by atoms with van der Waals surface area (Å²) in [5.74, 6) is 1.71. The van der Waals surface area contributed by atoms with Crippen molar-refractivity contribution in [1.29, 1.82) is 0 Å². The highest BCUT2D eigenvalue weighted by atomic mass is 15.4. The van der Waals surface area contributed by atoms with Gasteiger partial charge >= 0.3 is 5.84 Å². The molecule has 3 rings (SSSR count). The number of rotatable bonds is 4. The molecule has 0 bridgehead atoms. The van der Waals surface area contributed by atoms with E-state index in [1.807, 2.05) is 6.07 Å². The van der Waals surface area contributed by atoms with Crippen molar-refractivity contribution in [2.75, 3.05) is 28.2 Å². The van der Waals surface area contributed by atoms with Crippen LogP contribution in [0.1, 0.15) is 35.7 Å². The van der Waals surface area contributed by atoms with Gasteiger partial charge in [0.05, 0.1) is 40.4 Å². The molecule has 1 aromatic carbocycles. The molecular formula is C17H24N5+. The number of hydrogen-bond donors (Lipinski definition) is 0. The van der Waals surface area contributed by atoms with Crippen LogP contribution in [0.25, 0.3) is 0 Å². The summed E-state index contributed by atoms with van der Waals surface area (Å²) in [4.78, 5) is 2.11. The molecule has 1 aliphatic carbocycles. The maximum absolute atomic E-state index is 4.51. The molecule has 0 radical (unpaired) electrons. The topological polar surface area (TPSA) is 37.0 Å². The van der Waals surface area contributed by atoms with Gasteiger partial charge in [-0.3, -0.25) is 9.48 Å². The highest BCUT2D eigenvalue weighted by Gasteiger charge is 2.35. The molecule has 1 fully saturated rings. The summed E-state index contributed by atoms with van der Waals surface area (Å²) in [5.41, 5.74) is 3.56. The molecule has 1 aliphatic rings. The fraction of sp³-hybridized carbons (Fsp3) is 0.471. The van der Waals surface area contributed by atoms with Crippen LogP contribution in [0.4, 0.5) is 0 Å². The third kappa shape index (κ3) is 2.89. The van der Waals surface area contributed by atoms with Gasteiger partial charge in [0, 0.05) is 5.92 Å². The van der Waals surface area contributed by atoms with Crippen LogP contribution in [0.2, 0.25) is 0 Å². The first-order chi connectivity index (χ1) is 10.6. The lowest BCUT2D eigenvalue weighted by molar-refractivity contribution is -0.469. The van der Waals surface area contributed by atoms with Crippen LogP contribution in [-0.4, -0.2) is 58.5 Å². The smallest absolute Gasteiger partial charge is 0.265 e. The van der Waals surface area contributed by atoms with E-state index in [1.165, 1.54) is 24.1 Å². The van der Waals surface area contributed by atoms with E-state index in [9.17, 15) is 0 Å². The van der Waals surface area contributed by atoms with E-state index in [0.29, 0.717) is 5.92 Å². The lowest BCUT2D eigenvalue weighted by Crippen LogP contribution is -2.32. The molecule has 0 atom stereocenters. The van der Waals surface area contributed by atoms with E-state index >= 15 is 0 Å². The van der Waals surface area contributed by atoms with Gasteiger partial charge in [0.2, 0.25) is 0 Å². The predicted octanol–water partition coefficient (Wildman–Crippen LogP) is 1.78. The molecular weight excluding hydrogens is 274 g/mol. The minimum Gasteiger partial charge on any atom is -0.265 e. The predicted molar refractivity (Wildman–Crippen MR) is 87.4 cm³/mol. The molecule has 0 aliphatic heterocycles. The van der Waals surface area contributed by atoms with Gasteiger partial charge in [-0.1, -0.05) is 35.5 Å². The highest BCUT2D eigenvalue weighted by Crippen LogP contribution is 2.41. The normalized spacial score (nSPS) is 14.0. The monoisotopic (exact) mass is 298 g/mol. The van der Waals surface area contributed by atoms with Gasteiger partial charge in [0.15, 0.2) is 5.69 Å². The van der Waals surface area contributed by atoms with Crippen molar-refractivity contribution >= 4 is 5.84 Å². The summed E-state index contributed by atoms with van der Waals surface area (Å²) in [7, 11) is 8.23. The van der Waals surface area contributed by atoms with Crippen LogP contribution in [0.15, 0.2) is 30.3 Å². The first kappa shape index (κ1) is 14.8. The summed E-state index contributed by atoms with van der Waals surface area (Å²) < 4.78 is 4.19. The average molecular weight is 298 g/mol. The Labute approximate surface area is 131 Å². The van der Waals surface area contributed by atoms with Gasteiger partial charge in [-0.15, -0.1) is 5.10 Å². The van der Waals surface area contributed by atoms with E-state index in [1.54, 1.807) is 0 Å². The van der Waals surface area contributed by atoms with Crippen molar-refractivity contribution in [3.05, 3.63) is 47.3 Å². The molecule has 5 nitrogen and oxygen atoms in total. The first-order valence-electron chi connectivity index (χ1n) is 7.77. The Bertz CT molecular complexity index is 676. The molecule has 1 heterocycles. The Morgan fingerprint density at radius 3 is 2.45 bits per heavy atom. The van der Waals surface area contributed by atoms with Crippen LogP contribution >= 0.6 is 0 Å². The van der Waals surface area contributed by atoms with Crippen LogP contribution in [0.5, 0.6) is 0 Å². The molecule has 0 N–H and O–H groups in total. The second-order valence-corrected chi connectivity index (χ2v) is 6.35. The van der Waals surface area contributed by atoms with Crippen molar-refractivity contribution in [3.63, 3.8) is 0 Å². The minimum absolute atomic E-state index is 0.601. The molecule has 2 aromatic rings. The van der Waals surface area contributed by atoms with E-state index in [2.05, 4.69) is 76.9 Å². The van der Waals surface area contributed by atoms with Gasteiger partial charge in [-0.05, 0) is 18.4 Å². The van der Waals surface area contributed by atoms with Crippen molar-refractivity contribution in [2.45, 2.75) is 25.3 Å². The maximum Gasteiger partial charge on any atom is 0.301 e. The molecule has 0 unspecified atom stereocenters. The van der Waals surface area contributed by atoms with Gasteiger partial charge in [0.1, 0.15) is 0 Å². The van der Waals surface area contributed by atoms with Crippen LogP contribution < -0.4 is 0 Å². The molecule has 5 heteroatoms. The molecule has 0 saturated heterocycles. The average Bonchev–Trinajstić information content (AvgIpc) is 3.23. The van der Waals surface area contributed by atoms with Crippen molar-refractivity contribution < 1.29 is 4.58 Å². The Morgan fingerprint density at radius 2 is 1.91 bits per heavy atom. The fourth-order valence-electron chi connectivity index (χ4n) is 2.94. The number of aromatic nitrogens is 3. The Hall–Kier alpha value is -2.17. The first-order valence-corrected chi connectivity index (χ1v) is 7.77. The van der Waals surface area contributed by atoms with Crippen LogP contribution in [-0.2, 0) is 6.54 Å². The zero-order valence-electron chi connectivity index (χ0n) is 13.8. The van der Waals surface area contributed by atoms with Crippen molar-refractivity contribution in [3.8, 4) is 0 Å². The summed E-state index contributed by atoms with van der Waals surface area (Å²) in [6.07, 6.45) is 2.48. The van der Waals surface area contributed by atoms with Crippen LogP contribution in [0.3, 0.4) is 0 Å². The highest BCUT2D eigenvalue weighted by molar-refractivity contribution is 5.94. The third-order valence-electron chi connectivity index (χ3n) is 3.97. The zero-order valence-corrected chi connectivity index (χ0v) is 13.8. The summed E-state index contributed by atoms with van der Waals surface area (Å²) in [6, 6.07) is 10.5. The van der Waals surface area contributed by atoms with Crippen molar-refractivity contribution in [2.24, 2.45) is 0 Å². The molecule has 1 saturated carbocycles. The number of nitrogens with zero attached hydrogens (tertiary/aromatic N) is 5. The quantitative estimate of drug-likeness (QED) is 0.490. The molecule has 0 amide bonds. The number of benzene rings is 1. The Kier molecular flexibility index (Phi) is 3.96. The van der Waals surface area contributed by atoms with E-state index in [0.717, 1.165) is 18.1 Å². The lowest BCUT2D eigenvalue weighted by atomic mass is 10.1. The van der Waals surface area contributed by atoms with Gasteiger partial charge < -0.3 is 0 Å². The SMILES string of the molecule is CN(C)C(c1nnn(Cc2ccccc2)c1C1CC1)=[N+](C)C. The summed E-state index contributed by atoms with van der Waals surface area (Å²) >= 11 is 0. The minimum atomic E-state index is 0.601. The number of hydrogen-bond acceptors (Lipinski definition) is 2. The lowest BCUT2D eigenvalue weighted by Gasteiger charge is -2.11. The van der Waals surface area contributed by atoms with E-state index in [4.69, 9.17) is 0 Å². The van der Waals surface area contributed by atoms with E-state index < -0.39 is 0 Å². The Morgan fingerprint density at radius 1 is 1.23 bits per heavy atom. The Balaban J connectivity index is 2.01. The molecule has 0 spiro atoms. The maximum atomic E-state index is 4.51. The summed E-state index contributed by atoms with van der Waals surface area (Å²) in [6.45, 7) is 0.786. The summed E-state index contributed by atoms with van der Waals surface area (Å²) in [5, 5.41) is 8.96. The second kappa shape index (κ2) is 5.91. The standard InChI is InChI=1S/C17H24N5/c1-20(2)17(21(3)4)15-16(14-10-11-14)22(19-18-15)12-13-8-6-5-7-9-13/h5-9,14H,10-12H2,1-4H3/q+1. The van der Waals surface area contributed by atoms with Gasteiger partial charge in [0.25, 0.3) is 0 Å².